The van der Waals surface area contributed by atoms with Crippen molar-refractivity contribution in [2.45, 2.75) is 6.61 Å². The Bertz CT molecular complexity index is 644. The maximum Gasteiger partial charge on any atom is 0.406 e. The first-order chi connectivity index (χ1) is 9.61. The number of hydrogen-bond donors (Lipinski definition) is 2. The van der Waals surface area contributed by atoms with E-state index in [1.54, 1.807) is 5.38 Å². The largest absolute Gasteiger partial charge is 0.479 e. The van der Waals surface area contributed by atoms with E-state index in [9.17, 15) is 14.9 Å². The maximum absolute atomic E-state index is 11.2. The van der Waals surface area contributed by atoms with Gasteiger partial charge in [0.2, 0.25) is 5.75 Å². The van der Waals surface area contributed by atoms with Crippen LogP contribution < -0.4 is 16.0 Å². The van der Waals surface area contributed by atoms with E-state index in [0.29, 0.717) is 5.69 Å². The van der Waals surface area contributed by atoms with Gasteiger partial charge in [0.1, 0.15) is 12.8 Å². The molecular weight excluding hydrogens is 286 g/mol. The van der Waals surface area contributed by atoms with Gasteiger partial charge in [-0.1, -0.05) is 0 Å². The SMILES string of the molecule is NNC(=O)c1nc(COc2cccnc2[N+](=O)[O-])cs1. The first kappa shape index (κ1) is 13.8. The molecule has 20 heavy (non-hydrogen) atoms. The molecule has 2 aromatic rings. The molecule has 0 spiro atoms. The van der Waals surface area contributed by atoms with Crippen molar-refractivity contribution in [3.05, 3.63) is 44.5 Å². The van der Waals surface area contributed by atoms with Gasteiger partial charge in [0.15, 0.2) is 5.01 Å². The smallest absolute Gasteiger partial charge is 0.406 e. The summed E-state index contributed by atoms with van der Waals surface area (Å²) in [4.78, 5) is 28.9. The summed E-state index contributed by atoms with van der Waals surface area (Å²) in [6, 6.07) is 2.96. The van der Waals surface area contributed by atoms with Gasteiger partial charge in [0, 0.05) is 5.38 Å². The Morgan fingerprint density at radius 3 is 3.10 bits per heavy atom. The fourth-order valence-electron chi connectivity index (χ4n) is 1.32. The topological polar surface area (TPSA) is 133 Å². The third kappa shape index (κ3) is 3.05. The van der Waals surface area contributed by atoms with Crippen molar-refractivity contribution >= 4 is 23.1 Å². The molecule has 0 radical (unpaired) electrons. The van der Waals surface area contributed by atoms with Crippen LogP contribution in [0.1, 0.15) is 15.5 Å². The summed E-state index contributed by atoms with van der Waals surface area (Å²) in [6.07, 6.45) is 1.30. The van der Waals surface area contributed by atoms with Crippen molar-refractivity contribution in [1.29, 1.82) is 0 Å². The van der Waals surface area contributed by atoms with E-state index < -0.39 is 10.8 Å². The molecule has 3 N–H and O–H groups in total. The number of nitro groups is 1. The molecule has 104 valence electrons. The van der Waals surface area contributed by atoms with E-state index in [0.717, 1.165) is 11.3 Å². The molecule has 0 unspecified atom stereocenters. The summed E-state index contributed by atoms with van der Waals surface area (Å²) < 4.78 is 5.29. The van der Waals surface area contributed by atoms with Gasteiger partial charge in [-0.3, -0.25) is 10.2 Å². The van der Waals surface area contributed by atoms with Crippen LogP contribution in [0.25, 0.3) is 0 Å². The van der Waals surface area contributed by atoms with Crippen LogP contribution in [0.3, 0.4) is 0 Å². The lowest BCUT2D eigenvalue weighted by atomic mass is 10.4. The van der Waals surface area contributed by atoms with Crippen LogP contribution in [0.5, 0.6) is 5.75 Å². The molecule has 9 nitrogen and oxygen atoms in total. The lowest BCUT2D eigenvalue weighted by Crippen LogP contribution is -2.29. The number of hydrogen-bond acceptors (Lipinski definition) is 8. The maximum atomic E-state index is 11.2. The first-order valence-corrected chi connectivity index (χ1v) is 6.17. The highest BCUT2D eigenvalue weighted by atomic mass is 32.1. The van der Waals surface area contributed by atoms with E-state index in [1.807, 2.05) is 5.43 Å². The number of rotatable bonds is 5. The van der Waals surface area contributed by atoms with E-state index >= 15 is 0 Å². The number of carbonyl (C=O) groups is 1. The second kappa shape index (κ2) is 6.04. The minimum Gasteiger partial charge on any atom is -0.479 e. The molecule has 2 rings (SSSR count). The Morgan fingerprint density at radius 1 is 1.60 bits per heavy atom. The molecule has 0 saturated heterocycles. The average Bonchev–Trinajstić information content (AvgIpc) is 2.93. The number of nitrogens with one attached hydrogen (secondary N) is 1. The fourth-order valence-corrected chi connectivity index (χ4v) is 2.03. The lowest BCUT2D eigenvalue weighted by molar-refractivity contribution is -0.390. The summed E-state index contributed by atoms with van der Waals surface area (Å²) in [5, 5.41) is 12.5. The van der Waals surface area contributed by atoms with Gasteiger partial charge >= 0.3 is 5.82 Å². The Labute approximate surface area is 116 Å². The fraction of sp³-hybridized carbons (Fsp3) is 0.100. The number of nitrogens with two attached hydrogens (primary N) is 1. The molecule has 0 fully saturated rings. The van der Waals surface area contributed by atoms with Crippen LogP contribution in [0.15, 0.2) is 23.7 Å². The van der Waals surface area contributed by atoms with Crippen molar-refractivity contribution < 1.29 is 14.5 Å². The van der Waals surface area contributed by atoms with E-state index in [1.165, 1.54) is 18.3 Å². The van der Waals surface area contributed by atoms with Gasteiger partial charge in [-0.05, 0) is 22.0 Å². The zero-order valence-electron chi connectivity index (χ0n) is 9.98. The Hall–Kier alpha value is -2.59. The monoisotopic (exact) mass is 295 g/mol. The predicted octanol–water partition coefficient (Wildman–Crippen LogP) is 0.629. The number of nitrogens with zero attached hydrogens (tertiary/aromatic N) is 3. The van der Waals surface area contributed by atoms with Crippen molar-refractivity contribution in [2.24, 2.45) is 5.84 Å². The summed E-state index contributed by atoms with van der Waals surface area (Å²) in [6.45, 7) is -0.0130. The number of nitrogen functional groups attached to an aromatic ring is 1. The van der Waals surface area contributed by atoms with Gasteiger partial charge in [-0.2, -0.15) is 0 Å². The van der Waals surface area contributed by atoms with Crippen molar-refractivity contribution in [2.75, 3.05) is 0 Å². The van der Waals surface area contributed by atoms with Gasteiger partial charge in [-0.25, -0.2) is 10.8 Å². The third-order valence-corrected chi connectivity index (χ3v) is 3.07. The van der Waals surface area contributed by atoms with Crippen molar-refractivity contribution in [3.63, 3.8) is 0 Å². The molecule has 2 aromatic heterocycles. The normalized spacial score (nSPS) is 10.1. The predicted molar refractivity (Wildman–Crippen MR) is 69.0 cm³/mol. The molecule has 1 amide bonds. The van der Waals surface area contributed by atoms with Crippen LogP contribution in [0, 0.1) is 10.1 Å². The van der Waals surface area contributed by atoms with Crippen molar-refractivity contribution in [1.82, 2.24) is 15.4 Å². The number of amides is 1. The summed E-state index contributed by atoms with van der Waals surface area (Å²) in [5.74, 6) is 4.14. The average molecular weight is 295 g/mol. The summed E-state index contributed by atoms with van der Waals surface area (Å²) in [7, 11) is 0. The van der Waals surface area contributed by atoms with Crippen LogP contribution in [-0.2, 0) is 6.61 Å². The molecule has 0 aromatic carbocycles. The van der Waals surface area contributed by atoms with E-state index in [2.05, 4.69) is 9.97 Å². The number of aromatic nitrogens is 2. The molecule has 2 heterocycles. The number of thiazole rings is 1. The van der Waals surface area contributed by atoms with Crippen LogP contribution in [0.2, 0.25) is 0 Å². The van der Waals surface area contributed by atoms with Gasteiger partial charge < -0.3 is 14.9 Å². The molecule has 10 heteroatoms. The second-order valence-corrected chi connectivity index (χ2v) is 4.35. The second-order valence-electron chi connectivity index (χ2n) is 3.49. The van der Waals surface area contributed by atoms with E-state index in [4.69, 9.17) is 10.6 Å². The zero-order valence-corrected chi connectivity index (χ0v) is 10.8. The van der Waals surface area contributed by atoms with Crippen LogP contribution >= 0.6 is 11.3 Å². The minimum atomic E-state index is -0.635. The molecule has 0 aliphatic rings. The highest BCUT2D eigenvalue weighted by molar-refractivity contribution is 7.11. The molecule has 0 saturated carbocycles. The van der Waals surface area contributed by atoms with Gasteiger partial charge in [-0.15, -0.1) is 11.3 Å². The zero-order chi connectivity index (χ0) is 14.5. The molecular formula is C10H9N5O4S. The van der Waals surface area contributed by atoms with Gasteiger partial charge in [0.25, 0.3) is 5.91 Å². The van der Waals surface area contributed by atoms with Crippen LogP contribution in [-0.4, -0.2) is 20.8 Å². The Morgan fingerprint density at radius 2 is 2.40 bits per heavy atom. The molecule has 0 atom stereocenters. The molecule has 0 aliphatic carbocycles. The highest BCUT2D eigenvalue weighted by Crippen LogP contribution is 2.24. The number of ether oxygens (including phenoxy) is 1. The van der Waals surface area contributed by atoms with Crippen LogP contribution in [0.4, 0.5) is 5.82 Å². The van der Waals surface area contributed by atoms with Gasteiger partial charge in [0.05, 0.1) is 5.69 Å². The summed E-state index contributed by atoms with van der Waals surface area (Å²) in [5.41, 5.74) is 2.43. The standard InChI is InChI=1S/C10H9N5O4S/c11-14-9(16)10-13-6(5-20-10)4-19-7-2-1-3-12-8(7)15(17)18/h1-3,5H,4,11H2,(H,14,16). The highest BCUT2D eigenvalue weighted by Gasteiger charge is 2.16. The number of pyridine rings is 1. The Balaban J connectivity index is 2.07. The Kier molecular flexibility index (Phi) is 4.17. The number of carbonyl (C=O) groups excluding carboxylic acids is 1. The lowest BCUT2D eigenvalue weighted by Gasteiger charge is -2.03. The molecule has 0 bridgehead atoms. The molecule has 0 aliphatic heterocycles. The van der Waals surface area contributed by atoms with E-state index in [-0.39, 0.29) is 23.2 Å². The first-order valence-electron chi connectivity index (χ1n) is 5.29. The number of hydrazine groups is 1. The quantitative estimate of drug-likeness (QED) is 0.357. The summed E-state index contributed by atoms with van der Waals surface area (Å²) >= 11 is 1.10. The third-order valence-electron chi connectivity index (χ3n) is 2.18. The minimum absolute atomic E-state index is 0.0130. The van der Waals surface area contributed by atoms with Crippen molar-refractivity contribution in [3.8, 4) is 5.75 Å².